The van der Waals surface area contributed by atoms with Crippen molar-refractivity contribution < 1.29 is 14.3 Å². The zero-order valence-corrected chi connectivity index (χ0v) is 8.91. The van der Waals surface area contributed by atoms with E-state index in [1.165, 1.54) is 7.11 Å². The molecule has 0 aromatic carbocycles. The zero-order valence-electron chi connectivity index (χ0n) is 8.91. The quantitative estimate of drug-likeness (QED) is 0.525. The summed E-state index contributed by atoms with van der Waals surface area (Å²) in [6.07, 6.45) is 3.13. The number of carbonyl (C=O) groups excluding carboxylic acids is 1. The van der Waals surface area contributed by atoms with Gasteiger partial charge in [-0.05, 0) is 6.42 Å². The molecular weight excluding hydrogens is 182 g/mol. The highest BCUT2D eigenvalue weighted by Gasteiger charge is 2.30. The summed E-state index contributed by atoms with van der Waals surface area (Å²) in [6.45, 7) is 3.67. The molecule has 1 aliphatic heterocycles. The van der Waals surface area contributed by atoms with Crippen LogP contribution in [-0.2, 0) is 14.3 Å². The van der Waals surface area contributed by atoms with Gasteiger partial charge in [-0.1, -0.05) is 13.3 Å². The second-order valence-corrected chi connectivity index (χ2v) is 3.57. The van der Waals surface area contributed by atoms with Crippen molar-refractivity contribution in [3.63, 3.8) is 0 Å². The Balaban J connectivity index is 2.17. The summed E-state index contributed by atoms with van der Waals surface area (Å²) in [5.41, 5.74) is 0. The van der Waals surface area contributed by atoms with Crippen LogP contribution < -0.4 is 5.32 Å². The maximum absolute atomic E-state index is 11.1. The Morgan fingerprint density at radius 1 is 1.57 bits per heavy atom. The van der Waals surface area contributed by atoms with E-state index in [1.54, 1.807) is 0 Å². The van der Waals surface area contributed by atoms with Crippen LogP contribution in [0.2, 0.25) is 0 Å². The first-order chi connectivity index (χ1) is 6.77. The number of nitrogens with one attached hydrogen (secondary N) is 1. The molecule has 4 nitrogen and oxygen atoms in total. The third kappa shape index (κ3) is 3.27. The molecule has 0 aromatic heterocycles. The summed E-state index contributed by atoms with van der Waals surface area (Å²) in [6, 6.07) is -0.174. The summed E-state index contributed by atoms with van der Waals surface area (Å²) in [5, 5.41) is 3.08. The predicted molar refractivity (Wildman–Crippen MR) is 53.1 cm³/mol. The zero-order chi connectivity index (χ0) is 10.4. The molecule has 0 radical (unpaired) electrons. The van der Waals surface area contributed by atoms with Crippen molar-refractivity contribution in [2.45, 2.75) is 38.3 Å². The van der Waals surface area contributed by atoms with Crippen molar-refractivity contribution in [3.8, 4) is 0 Å². The number of unbranched alkanes of at least 4 members (excludes halogenated alkanes) is 1. The van der Waals surface area contributed by atoms with Crippen LogP contribution >= 0.6 is 0 Å². The van der Waals surface area contributed by atoms with Crippen LogP contribution in [0.3, 0.4) is 0 Å². The maximum atomic E-state index is 11.1. The molecule has 1 fully saturated rings. The summed E-state index contributed by atoms with van der Waals surface area (Å²) in [7, 11) is 1.41. The first-order valence-electron chi connectivity index (χ1n) is 5.20. The summed E-state index contributed by atoms with van der Waals surface area (Å²) in [5.74, 6) is -0.188. The van der Waals surface area contributed by atoms with E-state index >= 15 is 0 Å². The third-order valence-corrected chi connectivity index (χ3v) is 2.43. The second-order valence-electron chi connectivity index (χ2n) is 3.57. The van der Waals surface area contributed by atoms with Gasteiger partial charge >= 0.3 is 5.97 Å². The molecule has 82 valence electrons. The Hall–Kier alpha value is -0.610. The number of esters is 1. The van der Waals surface area contributed by atoms with E-state index in [1.807, 2.05) is 0 Å². The van der Waals surface area contributed by atoms with Gasteiger partial charge in [-0.2, -0.15) is 0 Å². The molecule has 4 heteroatoms. The Kier molecular flexibility index (Phi) is 4.90. The fraction of sp³-hybridized carbons (Fsp3) is 0.900. The average molecular weight is 201 g/mol. The average Bonchev–Trinajstić information content (AvgIpc) is 2.66. The second kappa shape index (κ2) is 5.98. The highest BCUT2D eigenvalue weighted by atomic mass is 16.5. The number of rotatable bonds is 5. The summed E-state index contributed by atoms with van der Waals surface area (Å²) < 4.78 is 10.2. The molecule has 1 aliphatic rings. The maximum Gasteiger partial charge on any atom is 0.322 e. The van der Waals surface area contributed by atoms with Gasteiger partial charge < -0.3 is 14.8 Å². The van der Waals surface area contributed by atoms with Crippen LogP contribution in [0.1, 0.15) is 26.2 Å². The molecule has 1 saturated heterocycles. The fourth-order valence-corrected chi connectivity index (χ4v) is 1.55. The van der Waals surface area contributed by atoms with E-state index in [-0.39, 0.29) is 18.1 Å². The number of methoxy groups -OCH3 is 1. The van der Waals surface area contributed by atoms with Gasteiger partial charge in [0.2, 0.25) is 0 Å². The van der Waals surface area contributed by atoms with Crippen molar-refractivity contribution in [2.24, 2.45) is 0 Å². The van der Waals surface area contributed by atoms with Crippen molar-refractivity contribution in [3.05, 3.63) is 0 Å². The first-order valence-corrected chi connectivity index (χ1v) is 5.20. The number of carbonyl (C=O) groups is 1. The lowest BCUT2D eigenvalue weighted by Gasteiger charge is -2.09. The van der Waals surface area contributed by atoms with Gasteiger partial charge in [-0.15, -0.1) is 0 Å². The number of hydrogen-bond acceptors (Lipinski definition) is 4. The molecule has 0 aliphatic carbocycles. The van der Waals surface area contributed by atoms with Crippen molar-refractivity contribution in [1.29, 1.82) is 0 Å². The smallest absolute Gasteiger partial charge is 0.322 e. The molecule has 0 unspecified atom stereocenters. The molecule has 0 bridgehead atoms. The van der Waals surface area contributed by atoms with E-state index in [0.29, 0.717) is 0 Å². The van der Waals surface area contributed by atoms with Crippen molar-refractivity contribution >= 4 is 5.97 Å². The van der Waals surface area contributed by atoms with E-state index < -0.39 is 0 Å². The number of hydrogen-bond donors (Lipinski definition) is 1. The normalized spacial score (nSPS) is 26.4. The van der Waals surface area contributed by atoms with Gasteiger partial charge in [0, 0.05) is 19.6 Å². The molecule has 14 heavy (non-hydrogen) atoms. The van der Waals surface area contributed by atoms with E-state index in [0.717, 1.165) is 32.4 Å². The Bertz CT molecular complexity index is 184. The van der Waals surface area contributed by atoms with Crippen LogP contribution in [0.25, 0.3) is 0 Å². The van der Waals surface area contributed by atoms with Crippen LogP contribution in [0.15, 0.2) is 0 Å². The van der Waals surface area contributed by atoms with Crippen LogP contribution in [-0.4, -0.2) is 38.4 Å². The minimum atomic E-state index is -0.188. The van der Waals surface area contributed by atoms with E-state index in [9.17, 15) is 4.79 Å². The van der Waals surface area contributed by atoms with Crippen LogP contribution in [0.4, 0.5) is 0 Å². The molecule has 2 atom stereocenters. The van der Waals surface area contributed by atoms with Gasteiger partial charge in [0.1, 0.15) is 6.04 Å². The highest BCUT2D eigenvalue weighted by Crippen LogP contribution is 2.11. The standard InChI is InChI=1S/C10H19NO3/c1-3-4-5-14-8-6-9(11-7-8)10(12)13-2/h8-9,11H,3-7H2,1-2H3/t8-,9-/m1/s1. The Morgan fingerprint density at radius 2 is 2.36 bits per heavy atom. The van der Waals surface area contributed by atoms with Crippen molar-refractivity contribution in [2.75, 3.05) is 20.3 Å². The molecule has 0 saturated carbocycles. The monoisotopic (exact) mass is 201 g/mol. The summed E-state index contributed by atoms with van der Waals surface area (Å²) >= 11 is 0. The predicted octanol–water partition coefficient (Wildman–Crippen LogP) is 0.707. The topological polar surface area (TPSA) is 47.6 Å². The fourth-order valence-electron chi connectivity index (χ4n) is 1.55. The van der Waals surface area contributed by atoms with Gasteiger partial charge in [-0.25, -0.2) is 0 Å². The summed E-state index contributed by atoms with van der Waals surface area (Å²) in [4.78, 5) is 11.1. The lowest BCUT2D eigenvalue weighted by molar-refractivity contribution is -0.142. The molecule has 0 amide bonds. The SMILES string of the molecule is CCCCO[C@H]1CN[C@@H](C(=O)OC)C1. The Morgan fingerprint density at radius 3 is 3.00 bits per heavy atom. The van der Waals surface area contributed by atoms with E-state index in [4.69, 9.17) is 4.74 Å². The molecule has 1 N–H and O–H groups in total. The van der Waals surface area contributed by atoms with Gasteiger partial charge in [0.05, 0.1) is 13.2 Å². The van der Waals surface area contributed by atoms with Crippen LogP contribution in [0.5, 0.6) is 0 Å². The number of ether oxygens (including phenoxy) is 2. The molecule has 1 rings (SSSR count). The lowest BCUT2D eigenvalue weighted by atomic mass is 10.2. The van der Waals surface area contributed by atoms with Gasteiger partial charge in [-0.3, -0.25) is 4.79 Å². The molecule has 1 heterocycles. The van der Waals surface area contributed by atoms with Gasteiger partial charge in [0.25, 0.3) is 0 Å². The van der Waals surface area contributed by atoms with Crippen LogP contribution in [0, 0.1) is 0 Å². The van der Waals surface area contributed by atoms with Gasteiger partial charge in [0.15, 0.2) is 0 Å². The highest BCUT2D eigenvalue weighted by molar-refractivity contribution is 5.76. The van der Waals surface area contributed by atoms with Crippen molar-refractivity contribution in [1.82, 2.24) is 5.32 Å². The largest absolute Gasteiger partial charge is 0.468 e. The minimum absolute atomic E-state index is 0.172. The Labute approximate surface area is 85.0 Å². The molecule has 0 aromatic rings. The molecular formula is C10H19NO3. The lowest BCUT2D eigenvalue weighted by Crippen LogP contribution is -2.31. The minimum Gasteiger partial charge on any atom is -0.468 e. The molecule has 0 spiro atoms. The van der Waals surface area contributed by atoms with E-state index in [2.05, 4.69) is 17.0 Å². The first kappa shape index (κ1) is 11.5. The third-order valence-electron chi connectivity index (χ3n) is 2.43.